The lowest BCUT2D eigenvalue weighted by Gasteiger charge is -2.19. The highest BCUT2D eigenvalue weighted by Crippen LogP contribution is 2.30. The van der Waals surface area contributed by atoms with E-state index in [0.717, 1.165) is 9.47 Å². The van der Waals surface area contributed by atoms with Crippen LogP contribution < -0.4 is 10.6 Å². The summed E-state index contributed by atoms with van der Waals surface area (Å²) in [7, 11) is 5.42. The van der Waals surface area contributed by atoms with Crippen molar-refractivity contribution in [2.24, 2.45) is 5.73 Å². The molecule has 0 saturated heterocycles. The van der Waals surface area contributed by atoms with Crippen LogP contribution in [0.1, 0.15) is 0 Å². The van der Waals surface area contributed by atoms with E-state index in [-0.39, 0.29) is 17.9 Å². The van der Waals surface area contributed by atoms with Gasteiger partial charge >= 0.3 is 0 Å². The lowest BCUT2D eigenvalue weighted by atomic mass is 10.2. The molecule has 0 aliphatic carbocycles. The molecule has 98 valence electrons. The Morgan fingerprint density at radius 1 is 1.53 bits per heavy atom. The summed E-state index contributed by atoms with van der Waals surface area (Å²) in [5.74, 6) is 0. The van der Waals surface area contributed by atoms with Gasteiger partial charge in [-0.1, -0.05) is 23.1 Å². The Kier molecular flexibility index (Phi) is 6.14. The van der Waals surface area contributed by atoms with E-state index in [1.54, 1.807) is 7.11 Å². The first-order valence-corrected chi connectivity index (χ1v) is 6.81. The van der Waals surface area contributed by atoms with Crippen LogP contribution in [0.3, 0.4) is 0 Å². The molecule has 0 aliphatic rings. The smallest absolute Gasteiger partial charge is 0.208 e. The molecule has 1 rings (SSSR count). The zero-order chi connectivity index (χ0) is 12.8. The third-order valence-electron chi connectivity index (χ3n) is 2.05. The highest BCUT2D eigenvalue weighted by molar-refractivity contribution is 8.01. The average molecular weight is 278 g/mol. The van der Waals surface area contributed by atoms with Gasteiger partial charge in [0.05, 0.1) is 18.5 Å². The number of nitrogens with zero attached hydrogens (tertiary/aromatic N) is 3. The summed E-state index contributed by atoms with van der Waals surface area (Å²) in [5.41, 5.74) is 5.89. The normalized spacial score (nSPS) is 14.6. The lowest BCUT2D eigenvalue weighted by Crippen LogP contribution is -2.38. The summed E-state index contributed by atoms with van der Waals surface area (Å²) in [6.07, 6.45) is 0. The van der Waals surface area contributed by atoms with Crippen LogP contribution in [0.4, 0.5) is 5.13 Å². The van der Waals surface area contributed by atoms with Gasteiger partial charge in [-0.2, -0.15) is 0 Å². The fourth-order valence-electron chi connectivity index (χ4n) is 1.12. The number of aliphatic hydroxyl groups excluding tert-OH is 1. The Hall–Kier alpha value is -0.410. The predicted octanol–water partition coefficient (Wildman–Crippen LogP) is 0.0308. The molecule has 17 heavy (non-hydrogen) atoms. The summed E-state index contributed by atoms with van der Waals surface area (Å²) in [4.78, 5) is 1.89. The molecule has 0 saturated carbocycles. The minimum Gasteiger partial charge on any atom is -0.395 e. The van der Waals surface area contributed by atoms with E-state index in [0.29, 0.717) is 6.61 Å². The summed E-state index contributed by atoms with van der Waals surface area (Å²) in [5, 5.41) is 18.1. The molecule has 1 heterocycles. The SMILES string of the molecule is COCC(N)C(CO)Sc1nnc(N(C)C)s1. The van der Waals surface area contributed by atoms with E-state index in [1.165, 1.54) is 23.1 Å². The van der Waals surface area contributed by atoms with Gasteiger partial charge in [0.1, 0.15) is 0 Å². The largest absolute Gasteiger partial charge is 0.395 e. The predicted molar refractivity (Wildman–Crippen MR) is 70.8 cm³/mol. The number of hydrogen-bond acceptors (Lipinski definition) is 8. The zero-order valence-electron chi connectivity index (χ0n) is 10.2. The molecule has 0 bridgehead atoms. The molecule has 6 nitrogen and oxygen atoms in total. The molecular weight excluding hydrogens is 260 g/mol. The van der Waals surface area contributed by atoms with E-state index in [1.807, 2.05) is 19.0 Å². The first-order chi connectivity index (χ1) is 8.08. The van der Waals surface area contributed by atoms with Crippen LogP contribution in [0.15, 0.2) is 4.34 Å². The molecule has 0 aromatic carbocycles. The zero-order valence-corrected chi connectivity index (χ0v) is 11.8. The Morgan fingerprint density at radius 2 is 2.24 bits per heavy atom. The Labute approximate surface area is 109 Å². The Morgan fingerprint density at radius 3 is 2.71 bits per heavy atom. The Balaban J connectivity index is 2.60. The second-order valence-corrected chi connectivity index (χ2v) is 6.15. The van der Waals surface area contributed by atoms with E-state index in [9.17, 15) is 5.11 Å². The van der Waals surface area contributed by atoms with Crippen LogP contribution in [-0.2, 0) is 4.74 Å². The third-order valence-corrected chi connectivity index (χ3v) is 4.56. The van der Waals surface area contributed by atoms with Gasteiger partial charge in [-0.25, -0.2) is 0 Å². The highest BCUT2D eigenvalue weighted by atomic mass is 32.2. The quantitative estimate of drug-likeness (QED) is 0.681. The van der Waals surface area contributed by atoms with Gasteiger partial charge in [0.15, 0.2) is 4.34 Å². The highest BCUT2D eigenvalue weighted by Gasteiger charge is 2.20. The maximum atomic E-state index is 9.29. The van der Waals surface area contributed by atoms with Crippen LogP contribution in [0.25, 0.3) is 0 Å². The second-order valence-electron chi connectivity index (χ2n) is 3.70. The van der Waals surface area contributed by atoms with Gasteiger partial charge in [-0.3, -0.25) is 0 Å². The topological polar surface area (TPSA) is 84.5 Å². The number of thioether (sulfide) groups is 1. The number of anilines is 1. The molecule has 2 atom stereocenters. The minimum absolute atomic E-state index is 0.00787. The van der Waals surface area contributed by atoms with Crippen LogP contribution in [-0.4, -0.2) is 61.0 Å². The fraction of sp³-hybridized carbons (Fsp3) is 0.778. The molecule has 0 aliphatic heterocycles. The van der Waals surface area contributed by atoms with Crippen LogP contribution in [0, 0.1) is 0 Å². The molecule has 0 radical (unpaired) electrons. The maximum absolute atomic E-state index is 9.29. The molecule has 1 aromatic heterocycles. The molecule has 0 amide bonds. The molecule has 0 spiro atoms. The summed E-state index contributed by atoms with van der Waals surface area (Å²) in [6, 6.07) is -0.221. The van der Waals surface area contributed by atoms with Gasteiger partial charge in [-0.15, -0.1) is 10.2 Å². The van der Waals surface area contributed by atoms with Crippen LogP contribution in [0.5, 0.6) is 0 Å². The van der Waals surface area contributed by atoms with Crippen molar-refractivity contribution in [1.29, 1.82) is 0 Å². The first kappa shape index (κ1) is 14.7. The summed E-state index contributed by atoms with van der Waals surface area (Å²) in [6.45, 7) is 0.406. The van der Waals surface area contributed by atoms with Crippen molar-refractivity contribution in [3.05, 3.63) is 0 Å². The monoisotopic (exact) mass is 278 g/mol. The average Bonchev–Trinajstić information content (AvgIpc) is 2.74. The minimum atomic E-state index is -0.221. The molecule has 8 heteroatoms. The second kappa shape index (κ2) is 7.12. The summed E-state index contributed by atoms with van der Waals surface area (Å²) < 4.78 is 5.78. The summed E-state index contributed by atoms with van der Waals surface area (Å²) >= 11 is 2.92. The fourth-order valence-corrected chi connectivity index (χ4v) is 3.08. The van der Waals surface area contributed by atoms with Crippen molar-refractivity contribution in [1.82, 2.24) is 10.2 Å². The van der Waals surface area contributed by atoms with Gasteiger partial charge in [-0.05, 0) is 0 Å². The van der Waals surface area contributed by atoms with E-state index in [2.05, 4.69) is 10.2 Å². The number of hydrogen-bond donors (Lipinski definition) is 2. The lowest BCUT2D eigenvalue weighted by molar-refractivity contribution is 0.167. The number of nitrogens with two attached hydrogens (primary N) is 1. The number of aliphatic hydroxyl groups is 1. The van der Waals surface area contributed by atoms with Gasteiger partial charge in [0.2, 0.25) is 5.13 Å². The van der Waals surface area contributed by atoms with Crippen molar-refractivity contribution in [3.8, 4) is 0 Å². The number of rotatable bonds is 7. The van der Waals surface area contributed by atoms with Crippen LogP contribution >= 0.6 is 23.1 Å². The molecule has 3 N–H and O–H groups in total. The molecular formula is C9H18N4O2S2. The van der Waals surface area contributed by atoms with Crippen molar-refractivity contribution < 1.29 is 9.84 Å². The van der Waals surface area contributed by atoms with Crippen molar-refractivity contribution in [2.75, 3.05) is 39.3 Å². The van der Waals surface area contributed by atoms with Gasteiger partial charge in [0.25, 0.3) is 0 Å². The number of ether oxygens (including phenoxy) is 1. The maximum Gasteiger partial charge on any atom is 0.208 e. The van der Waals surface area contributed by atoms with Crippen molar-refractivity contribution in [3.63, 3.8) is 0 Å². The first-order valence-electron chi connectivity index (χ1n) is 5.11. The van der Waals surface area contributed by atoms with E-state index < -0.39 is 0 Å². The van der Waals surface area contributed by atoms with E-state index in [4.69, 9.17) is 10.5 Å². The number of aromatic nitrogens is 2. The number of methoxy groups -OCH3 is 1. The standard InChI is InChI=1S/C9H18N4O2S2/c1-13(2)8-11-12-9(17-8)16-7(4-14)6(10)5-15-3/h6-7,14H,4-5,10H2,1-3H3. The molecule has 1 aromatic rings. The molecule has 0 fully saturated rings. The van der Waals surface area contributed by atoms with Gasteiger partial charge in [0, 0.05) is 27.2 Å². The van der Waals surface area contributed by atoms with Crippen LogP contribution in [0.2, 0.25) is 0 Å². The van der Waals surface area contributed by atoms with Gasteiger partial charge < -0.3 is 20.5 Å². The van der Waals surface area contributed by atoms with E-state index >= 15 is 0 Å². The van der Waals surface area contributed by atoms with Crippen molar-refractivity contribution >= 4 is 28.2 Å². The Bertz CT molecular complexity index is 335. The van der Waals surface area contributed by atoms with Crippen molar-refractivity contribution in [2.45, 2.75) is 15.6 Å². The molecule has 2 unspecified atom stereocenters. The third kappa shape index (κ3) is 4.40.